The van der Waals surface area contributed by atoms with Crippen molar-refractivity contribution in [3.05, 3.63) is 29.3 Å². The number of benzene rings is 1. The molecule has 11 heteroatoms. The summed E-state index contributed by atoms with van der Waals surface area (Å²) in [7, 11) is -1.29. The molecule has 1 aromatic carbocycles. The van der Waals surface area contributed by atoms with E-state index in [-0.39, 0.29) is 50.2 Å². The lowest BCUT2D eigenvalue weighted by atomic mass is 10.00. The van der Waals surface area contributed by atoms with E-state index < -0.39 is 26.1 Å². The van der Waals surface area contributed by atoms with Crippen LogP contribution in [0.3, 0.4) is 0 Å². The second-order valence-electron chi connectivity index (χ2n) is 12.1. The fraction of sp³-hybridized carbons (Fsp3) is 0.630. The molecule has 3 heterocycles. The Morgan fingerprint density at radius 1 is 1.13 bits per heavy atom. The number of ether oxygens (including phenoxy) is 2. The molecule has 0 radical (unpaired) electrons. The smallest absolute Gasteiger partial charge is 0.407 e. The number of fused-ring (bicyclic) bond motifs is 3. The van der Waals surface area contributed by atoms with Gasteiger partial charge in [0.25, 0.3) is 11.8 Å². The Labute approximate surface area is 223 Å². The molecule has 0 spiro atoms. The first-order valence-corrected chi connectivity index (χ1v) is 17.2. The number of hydrogen-bond acceptors (Lipinski definition) is 6. The van der Waals surface area contributed by atoms with Crippen LogP contribution in [-0.2, 0) is 20.9 Å². The first kappa shape index (κ1) is 26.7. The van der Waals surface area contributed by atoms with Crippen LogP contribution >= 0.6 is 0 Å². The van der Waals surface area contributed by atoms with Crippen molar-refractivity contribution in [2.75, 3.05) is 19.9 Å². The number of piperidine rings is 2. The number of amides is 4. The molecule has 1 N–H and O–H groups in total. The van der Waals surface area contributed by atoms with E-state index in [2.05, 4.69) is 19.6 Å². The molecule has 3 fully saturated rings. The first-order valence-electron chi connectivity index (χ1n) is 13.5. The van der Waals surface area contributed by atoms with E-state index in [4.69, 9.17) is 9.47 Å². The quantitative estimate of drug-likeness (QED) is 0.288. The van der Waals surface area contributed by atoms with Gasteiger partial charge in [0.15, 0.2) is 0 Å². The van der Waals surface area contributed by atoms with Gasteiger partial charge in [-0.3, -0.25) is 24.2 Å². The molecule has 10 nitrogen and oxygen atoms in total. The SMILES string of the molecule is C[Si](C)(C)CCOCN1C(=O)CCC(N2Cc3cc(OC[C@@H]4[C@H]5CC[C@H](C5)N4C(=O)O)ccc3C2=O)C1=O. The highest BCUT2D eigenvalue weighted by molar-refractivity contribution is 6.76. The number of nitrogens with zero attached hydrogens (tertiary/aromatic N) is 3. The average Bonchev–Trinajstić information content (AvgIpc) is 3.55. The maximum absolute atomic E-state index is 13.2. The van der Waals surface area contributed by atoms with Gasteiger partial charge in [0.2, 0.25) is 5.91 Å². The number of likely N-dealkylation sites (tertiary alicyclic amines) is 2. The summed E-state index contributed by atoms with van der Waals surface area (Å²) in [5.41, 5.74) is 1.28. The predicted octanol–water partition coefficient (Wildman–Crippen LogP) is 3.38. The second-order valence-corrected chi connectivity index (χ2v) is 17.7. The van der Waals surface area contributed by atoms with Crippen molar-refractivity contribution in [1.29, 1.82) is 0 Å². The van der Waals surface area contributed by atoms with Crippen molar-refractivity contribution in [2.24, 2.45) is 5.92 Å². The average molecular weight is 544 g/mol. The number of carbonyl (C=O) groups is 4. The van der Waals surface area contributed by atoms with Crippen LogP contribution < -0.4 is 4.74 Å². The van der Waals surface area contributed by atoms with E-state index in [1.165, 1.54) is 0 Å². The van der Waals surface area contributed by atoms with Gasteiger partial charge in [0, 0.05) is 39.3 Å². The number of carbonyl (C=O) groups excluding carboxylic acids is 3. The molecule has 2 bridgehead atoms. The number of rotatable bonds is 9. The molecule has 4 amide bonds. The highest BCUT2D eigenvalue weighted by atomic mass is 28.3. The fourth-order valence-corrected chi connectivity index (χ4v) is 6.99. The summed E-state index contributed by atoms with van der Waals surface area (Å²) in [6.07, 6.45) is 2.42. The lowest BCUT2D eigenvalue weighted by Crippen LogP contribution is -2.55. The van der Waals surface area contributed by atoms with Gasteiger partial charge in [-0.25, -0.2) is 4.79 Å². The minimum absolute atomic E-state index is 0.0814. The van der Waals surface area contributed by atoms with E-state index in [0.717, 1.165) is 35.8 Å². The maximum atomic E-state index is 13.2. The van der Waals surface area contributed by atoms with Crippen molar-refractivity contribution in [2.45, 2.75) is 82.5 Å². The number of hydrogen-bond donors (Lipinski definition) is 1. The number of imide groups is 1. The third-order valence-electron chi connectivity index (χ3n) is 8.37. The van der Waals surface area contributed by atoms with Gasteiger partial charge in [-0.1, -0.05) is 19.6 Å². The largest absolute Gasteiger partial charge is 0.491 e. The van der Waals surface area contributed by atoms with Crippen LogP contribution in [0.2, 0.25) is 25.7 Å². The zero-order chi connectivity index (χ0) is 27.2. The molecule has 5 rings (SSSR count). The van der Waals surface area contributed by atoms with Crippen molar-refractivity contribution in [3.8, 4) is 5.75 Å². The molecular formula is C27H37N3O7Si. The zero-order valence-corrected chi connectivity index (χ0v) is 23.4. The molecule has 1 unspecified atom stereocenters. The van der Waals surface area contributed by atoms with Gasteiger partial charge in [-0.15, -0.1) is 0 Å². The third-order valence-corrected chi connectivity index (χ3v) is 10.1. The minimum atomic E-state index is -1.29. The van der Waals surface area contributed by atoms with E-state index in [1.54, 1.807) is 28.0 Å². The molecule has 2 saturated heterocycles. The standard InChI is InChI=1S/C27H37N3O7Si/c1-38(2,3)11-10-36-16-29-24(31)9-8-22(26(29)33)28-14-18-13-20(6-7-21(18)25(28)32)37-15-23-17-4-5-19(12-17)30(23)27(34)35/h6-7,13,17,19,22-23H,4-5,8-12,14-16H2,1-3H3,(H,34,35)/t17-,19+,22?,23+/m0/s1. The van der Waals surface area contributed by atoms with Gasteiger partial charge in [-0.05, 0) is 61.4 Å². The fourth-order valence-electron chi connectivity index (χ4n) is 6.23. The van der Waals surface area contributed by atoms with Gasteiger partial charge in [0.05, 0.1) is 6.04 Å². The Kier molecular flexibility index (Phi) is 7.25. The minimum Gasteiger partial charge on any atom is -0.491 e. The summed E-state index contributed by atoms with van der Waals surface area (Å²) in [6.45, 7) is 7.66. The third kappa shape index (κ3) is 5.18. The molecule has 38 heavy (non-hydrogen) atoms. The molecule has 1 aromatic rings. The van der Waals surface area contributed by atoms with Crippen LogP contribution in [0.25, 0.3) is 0 Å². The van der Waals surface area contributed by atoms with Gasteiger partial charge in [-0.2, -0.15) is 0 Å². The van der Waals surface area contributed by atoms with E-state index >= 15 is 0 Å². The van der Waals surface area contributed by atoms with E-state index in [1.807, 2.05) is 0 Å². The van der Waals surface area contributed by atoms with Crippen molar-refractivity contribution < 1.29 is 33.8 Å². The zero-order valence-electron chi connectivity index (χ0n) is 22.4. The predicted molar refractivity (Wildman–Crippen MR) is 140 cm³/mol. The molecular weight excluding hydrogens is 506 g/mol. The van der Waals surface area contributed by atoms with Crippen molar-refractivity contribution >= 4 is 31.9 Å². The second kappa shape index (κ2) is 10.3. The summed E-state index contributed by atoms with van der Waals surface area (Å²) in [4.78, 5) is 54.9. The molecule has 0 aromatic heterocycles. The monoisotopic (exact) mass is 543 g/mol. The maximum Gasteiger partial charge on any atom is 0.407 e. The normalized spacial score (nSPS) is 26.9. The van der Waals surface area contributed by atoms with Gasteiger partial charge in [0.1, 0.15) is 25.1 Å². The van der Waals surface area contributed by atoms with Crippen LogP contribution in [-0.4, -0.2) is 89.8 Å². The summed E-state index contributed by atoms with van der Waals surface area (Å²) < 4.78 is 11.7. The highest BCUT2D eigenvalue weighted by Gasteiger charge is 2.48. The Hall–Kier alpha value is -2.92. The highest BCUT2D eigenvalue weighted by Crippen LogP contribution is 2.42. The van der Waals surface area contributed by atoms with Crippen LogP contribution in [0.4, 0.5) is 4.79 Å². The van der Waals surface area contributed by atoms with Crippen molar-refractivity contribution in [3.63, 3.8) is 0 Å². The van der Waals surface area contributed by atoms with Gasteiger partial charge >= 0.3 is 6.09 Å². The van der Waals surface area contributed by atoms with Crippen LogP contribution in [0.1, 0.15) is 48.0 Å². The molecule has 1 aliphatic carbocycles. The Morgan fingerprint density at radius 2 is 1.92 bits per heavy atom. The van der Waals surface area contributed by atoms with Crippen molar-refractivity contribution in [1.82, 2.24) is 14.7 Å². The topological polar surface area (TPSA) is 117 Å². The Balaban J connectivity index is 1.21. The van der Waals surface area contributed by atoms with Gasteiger partial charge < -0.3 is 19.5 Å². The molecule has 1 saturated carbocycles. The summed E-state index contributed by atoms with van der Waals surface area (Å²) in [6, 6.07) is 5.39. The summed E-state index contributed by atoms with van der Waals surface area (Å²) >= 11 is 0. The Bertz CT molecular complexity index is 1140. The Morgan fingerprint density at radius 3 is 2.66 bits per heavy atom. The van der Waals surface area contributed by atoms with Crippen LogP contribution in [0.5, 0.6) is 5.75 Å². The van der Waals surface area contributed by atoms with E-state index in [9.17, 15) is 24.3 Å². The molecule has 3 aliphatic heterocycles. The molecule has 4 atom stereocenters. The lowest BCUT2D eigenvalue weighted by molar-refractivity contribution is -0.158. The van der Waals surface area contributed by atoms with E-state index in [0.29, 0.717) is 30.3 Å². The summed E-state index contributed by atoms with van der Waals surface area (Å²) in [5.74, 6) is 0.00947. The number of carboxylic acid groups (broad SMARTS) is 1. The van der Waals surface area contributed by atoms with Crippen LogP contribution in [0.15, 0.2) is 18.2 Å². The summed E-state index contributed by atoms with van der Waals surface area (Å²) in [5, 5.41) is 9.63. The lowest BCUT2D eigenvalue weighted by Gasteiger charge is -2.35. The molecule has 4 aliphatic rings. The molecule has 206 valence electrons. The van der Waals surface area contributed by atoms with Crippen LogP contribution in [0, 0.1) is 5.92 Å². The first-order chi connectivity index (χ1) is 18.0.